The standard InChI is InChI=1S/C10H19NO2/c1-3-9(4-2)8-13-10(12)6-5-7-11/h7,9,11H,3-6,8H2,1-2H3. The second-order valence-electron chi connectivity index (χ2n) is 3.11. The number of rotatable bonds is 7. The minimum atomic E-state index is -0.185. The van der Waals surface area contributed by atoms with Crippen LogP contribution < -0.4 is 0 Å². The maximum absolute atomic E-state index is 11.0. The first-order chi connectivity index (χ1) is 6.24. The normalized spacial score (nSPS) is 10.1. The Morgan fingerprint density at radius 2 is 2.08 bits per heavy atom. The van der Waals surface area contributed by atoms with Gasteiger partial charge in [0.05, 0.1) is 13.0 Å². The van der Waals surface area contributed by atoms with Crippen LogP contribution in [0, 0.1) is 11.3 Å². The second-order valence-corrected chi connectivity index (χ2v) is 3.11. The highest BCUT2D eigenvalue weighted by molar-refractivity contribution is 5.72. The van der Waals surface area contributed by atoms with Gasteiger partial charge in [-0.3, -0.25) is 4.79 Å². The summed E-state index contributed by atoms with van der Waals surface area (Å²) in [4.78, 5) is 11.0. The fourth-order valence-electron chi connectivity index (χ4n) is 0.997. The molecule has 1 N–H and O–H groups in total. The summed E-state index contributed by atoms with van der Waals surface area (Å²) in [5, 5.41) is 6.75. The lowest BCUT2D eigenvalue weighted by Crippen LogP contribution is -2.12. The molecule has 3 nitrogen and oxygen atoms in total. The van der Waals surface area contributed by atoms with E-state index in [1.807, 2.05) is 0 Å². The summed E-state index contributed by atoms with van der Waals surface area (Å²) < 4.78 is 5.05. The fraction of sp³-hybridized carbons (Fsp3) is 0.800. The van der Waals surface area contributed by atoms with Crippen molar-refractivity contribution in [1.29, 1.82) is 5.41 Å². The summed E-state index contributed by atoms with van der Waals surface area (Å²) in [7, 11) is 0. The third kappa shape index (κ3) is 6.31. The maximum atomic E-state index is 11.0. The van der Waals surface area contributed by atoms with Gasteiger partial charge in [-0.1, -0.05) is 26.7 Å². The van der Waals surface area contributed by atoms with Crippen LogP contribution in [0.25, 0.3) is 0 Å². The highest BCUT2D eigenvalue weighted by Gasteiger charge is 2.07. The fourth-order valence-corrected chi connectivity index (χ4v) is 0.997. The molecule has 0 radical (unpaired) electrons. The van der Waals surface area contributed by atoms with Crippen LogP contribution in [0.3, 0.4) is 0 Å². The second kappa shape index (κ2) is 7.77. The lowest BCUT2D eigenvalue weighted by molar-refractivity contribution is -0.144. The van der Waals surface area contributed by atoms with Crippen LogP contribution in [-0.4, -0.2) is 18.8 Å². The van der Waals surface area contributed by atoms with Crippen LogP contribution in [0.1, 0.15) is 39.5 Å². The van der Waals surface area contributed by atoms with Crippen molar-refractivity contribution in [3.63, 3.8) is 0 Å². The van der Waals surface area contributed by atoms with Gasteiger partial charge in [0, 0.05) is 0 Å². The van der Waals surface area contributed by atoms with Crippen molar-refractivity contribution in [2.45, 2.75) is 39.5 Å². The van der Waals surface area contributed by atoms with E-state index in [2.05, 4.69) is 13.8 Å². The number of esters is 1. The molecule has 0 heterocycles. The molecule has 0 aliphatic carbocycles. The van der Waals surface area contributed by atoms with Gasteiger partial charge in [0.1, 0.15) is 0 Å². The van der Waals surface area contributed by atoms with Gasteiger partial charge in [0.15, 0.2) is 0 Å². The van der Waals surface area contributed by atoms with E-state index in [4.69, 9.17) is 10.1 Å². The van der Waals surface area contributed by atoms with E-state index < -0.39 is 0 Å². The summed E-state index contributed by atoms with van der Waals surface area (Å²) in [5.74, 6) is 0.305. The van der Waals surface area contributed by atoms with Crippen LogP contribution in [-0.2, 0) is 9.53 Å². The zero-order chi connectivity index (χ0) is 10.1. The molecule has 3 heteroatoms. The first kappa shape index (κ1) is 12.1. The molecule has 0 aromatic rings. The molecule has 0 fully saturated rings. The minimum Gasteiger partial charge on any atom is -0.465 e. The Bertz CT molecular complexity index is 153. The number of carbonyl (C=O) groups is 1. The molecule has 0 saturated heterocycles. The molecule has 0 rings (SSSR count). The van der Waals surface area contributed by atoms with E-state index in [1.54, 1.807) is 0 Å². The van der Waals surface area contributed by atoms with Crippen molar-refractivity contribution in [2.75, 3.05) is 6.61 Å². The van der Waals surface area contributed by atoms with E-state index in [-0.39, 0.29) is 5.97 Å². The molecule has 76 valence electrons. The highest BCUT2D eigenvalue weighted by Crippen LogP contribution is 2.08. The Morgan fingerprint density at radius 1 is 1.46 bits per heavy atom. The quantitative estimate of drug-likeness (QED) is 0.489. The first-order valence-electron chi connectivity index (χ1n) is 4.89. The molecule has 0 aromatic heterocycles. The van der Waals surface area contributed by atoms with Gasteiger partial charge in [0.2, 0.25) is 0 Å². The Balaban J connectivity index is 3.49. The molecule has 0 aliphatic heterocycles. The average Bonchev–Trinajstić information content (AvgIpc) is 2.16. The summed E-state index contributed by atoms with van der Waals surface area (Å²) in [5.41, 5.74) is 0. The van der Waals surface area contributed by atoms with Crippen molar-refractivity contribution in [2.24, 2.45) is 5.92 Å². The van der Waals surface area contributed by atoms with E-state index >= 15 is 0 Å². The van der Waals surface area contributed by atoms with Gasteiger partial charge in [0.25, 0.3) is 0 Å². The molecule has 0 aliphatic rings. The zero-order valence-corrected chi connectivity index (χ0v) is 8.51. The molecule has 0 saturated carbocycles. The monoisotopic (exact) mass is 185 g/mol. The summed E-state index contributed by atoms with van der Waals surface area (Å²) >= 11 is 0. The molecule has 0 spiro atoms. The predicted molar refractivity (Wildman–Crippen MR) is 53.0 cm³/mol. The largest absolute Gasteiger partial charge is 0.465 e. The van der Waals surface area contributed by atoms with Gasteiger partial charge in [-0.25, -0.2) is 0 Å². The Hall–Kier alpha value is -0.860. The lowest BCUT2D eigenvalue weighted by Gasteiger charge is -2.11. The van der Waals surface area contributed by atoms with E-state index in [9.17, 15) is 4.79 Å². The molecule has 0 amide bonds. The number of ether oxygens (including phenoxy) is 1. The Labute approximate surface area is 80.0 Å². The number of nitrogens with one attached hydrogen (secondary N) is 1. The van der Waals surface area contributed by atoms with Crippen molar-refractivity contribution in [3.05, 3.63) is 0 Å². The van der Waals surface area contributed by atoms with Crippen molar-refractivity contribution in [1.82, 2.24) is 0 Å². The predicted octanol–water partition coefficient (Wildman–Crippen LogP) is 2.40. The third-order valence-corrected chi connectivity index (χ3v) is 2.13. The first-order valence-corrected chi connectivity index (χ1v) is 4.89. The molecule has 0 unspecified atom stereocenters. The SMILES string of the molecule is CCC(CC)COC(=O)CCC=N. The van der Waals surface area contributed by atoms with Crippen LogP contribution in [0.5, 0.6) is 0 Å². The molecular formula is C10H19NO2. The van der Waals surface area contributed by atoms with Crippen LogP contribution in [0.2, 0.25) is 0 Å². The molecule has 0 bridgehead atoms. The molecular weight excluding hydrogens is 166 g/mol. The third-order valence-electron chi connectivity index (χ3n) is 2.13. The van der Waals surface area contributed by atoms with Crippen LogP contribution in [0.15, 0.2) is 0 Å². The van der Waals surface area contributed by atoms with Gasteiger partial charge < -0.3 is 10.1 Å². The summed E-state index contributed by atoms with van der Waals surface area (Å²) in [6.45, 7) is 4.73. The molecule has 0 aromatic carbocycles. The minimum absolute atomic E-state index is 0.185. The molecule has 13 heavy (non-hydrogen) atoms. The number of carbonyl (C=O) groups excluding carboxylic acids is 1. The average molecular weight is 185 g/mol. The van der Waals surface area contributed by atoms with Gasteiger partial charge >= 0.3 is 5.97 Å². The maximum Gasteiger partial charge on any atom is 0.306 e. The van der Waals surface area contributed by atoms with Gasteiger partial charge in [-0.15, -0.1) is 0 Å². The Kier molecular flexibility index (Phi) is 7.26. The number of hydrogen-bond acceptors (Lipinski definition) is 3. The summed E-state index contributed by atoms with van der Waals surface area (Å²) in [6, 6.07) is 0. The Morgan fingerprint density at radius 3 is 2.54 bits per heavy atom. The van der Waals surface area contributed by atoms with Crippen molar-refractivity contribution in [3.8, 4) is 0 Å². The van der Waals surface area contributed by atoms with E-state index in [1.165, 1.54) is 6.21 Å². The van der Waals surface area contributed by atoms with Gasteiger partial charge in [-0.2, -0.15) is 0 Å². The van der Waals surface area contributed by atoms with E-state index in [0.717, 1.165) is 12.8 Å². The topological polar surface area (TPSA) is 50.2 Å². The van der Waals surface area contributed by atoms with E-state index in [0.29, 0.717) is 25.4 Å². The van der Waals surface area contributed by atoms with Crippen LogP contribution >= 0.6 is 0 Å². The molecule has 0 atom stereocenters. The highest BCUT2D eigenvalue weighted by atomic mass is 16.5. The number of hydrogen-bond donors (Lipinski definition) is 1. The van der Waals surface area contributed by atoms with Crippen molar-refractivity contribution >= 4 is 12.2 Å². The smallest absolute Gasteiger partial charge is 0.306 e. The van der Waals surface area contributed by atoms with Crippen LogP contribution in [0.4, 0.5) is 0 Å². The summed E-state index contributed by atoms with van der Waals surface area (Å²) in [6.07, 6.45) is 4.16. The lowest BCUT2D eigenvalue weighted by atomic mass is 10.1. The van der Waals surface area contributed by atoms with Crippen molar-refractivity contribution < 1.29 is 9.53 Å². The zero-order valence-electron chi connectivity index (χ0n) is 8.51. The van der Waals surface area contributed by atoms with Gasteiger partial charge in [-0.05, 0) is 18.6 Å².